The van der Waals surface area contributed by atoms with Crippen molar-refractivity contribution >= 4 is 0 Å². The van der Waals surface area contributed by atoms with Crippen molar-refractivity contribution in [2.75, 3.05) is 0 Å². The minimum absolute atomic E-state index is 0.524. The van der Waals surface area contributed by atoms with Crippen LogP contribution in [0.2, 0.25) is 0 Å². The average molecular weight is 434 g/mol. The van der Waals surface area contributed by atoms with Crippen LogP contribution in [-0.4, -0.2) is 9.78 Å². The first-order valence-electron chi connectivity index (χ1n) is 13.8. The Kier molecular flexibility index (Phi) is 5.05. The van der Waals surface area contributed by atoms with Gasteiger partial charge in [0.1, 0.15) is 6.07 Å². The molecule has 174 valence electrons. The number of aromatic nitrogens is 2. The maximum absolute atomic E-state index is 9.14. The summed E-state index contributed by atoms with van der Waals surface area (Å²) >= 11 is 0. The van der Waals surface area contributed by atoms with Crippen LogP contribution in [0.5, 0.6) is 0 Å². The van der Waals surface area contributed by atoms with E-state index in [0.29, 0.717) is 22.3 Å². The Labute approximate surface area is 195 Å². The zero-order valence-electron chi connectivity index (χ0n) is 20.6. The van der Waals surface area contributed by atoms with E-state index in [1.807, 2.05) is 10.9 Å². The molecule has 0 spiro atoms. The molecule has 3 heteroatoms. The first-order valence-corrected chi connectivity index (χ1v) is 13.8. The van der Waals surface area contributed by atoms with E-state index >= 15 is 0 Å². The van der Waals surface area contributed by atoms with E-state index < -0.39 is 0 Å². The summed E-state index contributed by atoms with van der Waals surface area (Å²) in [6.45, 7) is 8.73. The molecular formula is C29H43N3. The zero-order chi connectivity index (χ0) is 22.1. The summed E-state index contributed by atoms with van der Waals surface area (Å²) in [5.74, 6) is 7.62. The number of hydrogen-bond donors (Lipinski definition) is 0. The summed E-state index contributed by atoms with van der Waals surface area (Å²) < 4.78 is 2.02. The Hall–Kier alpha value is -1.30. The first-order chi connectivity index (χ1) is 15.4. The van der Waals surface area contributed by atoms with Gasteiger partial charge in [0.2, 0.25) is 0 Å². The molecule has 3 nitrogen and oxygen atoms in total. The van der Waals surface area contributed by atoms with Crippen LogP contribution in [0.4, 0.5) is 0 Å². The lowest BCUT2D eigenvalue weighted by molar-refractivity contribution is -0.0858. The number of fused-ring (bicyclic) bond motifs is 5. The molecule has 0 saturated heterocycles. The third kappa shape index (κ3) is 3.30. The highest BCUT2D eigenvalue weighted by Gasteiger charge is 2.58. The average Bonchev–Trinajstić information content (AvgIpc) is 3.46. The minimum Gasteiger partial charge on any atom is -0.271 e. The van der Waals surface area contributed by atoms with E-state index in [1.54, 1.807) is 19.0 Å². The van der Waals surface area contributed by atoms with Gasteiger partial charge in [-0.1, -0.05) is 20.8 Å². The first kappa shape index (κ1) is 21.2. The van der Waals surface area contributed by atoms with Crippen molar-refractivity contribution in [1.29, 1.82) is 5.26 Å². The fourth-order valence-corrected chi connectivity index (χ4v) is 10.2. The summed E-state index contributed by atoms with van der Waals surface area (Å²) in [6.07, 6.45) is 20.2. The van der Waals surface area contributed by atoms with Gasteiger partial charge in [-0.25, -0.2) is 0 Å². The number of rotatable bonds is 4. The highest BCUT2D eigenvalue weighted by atomic mass is 15.3. The maximum atomic E-state index is 9.14. The summed E-state index contributed by atoms with van der Waals surface area (Å²) in [5, 5.41) is 13.6. The second-order valence-corrected chi connectivity index (χ2v) is 13.4. The van der Waals surface area contributed by atoms with Gasteiger partial charge >= 0.3 is 0 Å². The minimum atomic E-state index is 0.524. The maximum Gasteiger partial charge on any atom is 0.102 e. The molecule has 0 aliphatic heterocycles. The Balaban J connectivity index is 1.15. The largest absolute Gasteiger partial charge is 0.271 e. The van der Waals surface area contributed by atoms with Crippen molar-refractivity contribution in [2.45, 2.75) is 97.9 Å². The van der Waals surface area contributed by atoms with Crippen LogP contribution < -0.4 is 0 Å². The topological polar surface area (TPSA) is 41.6 Å². The summed E-state index contributed by atoms with van der Waals surface area (Å²) in [6, 6.07) is 2.23. The Morgan fingerprint density at radius 3 is 2.59 bits per heavy atom. The molecule has 0 amide bonds. The Morgan fingerprint density at radius 2 is 1.84 bits per heavy atom. The lowest BCUT2D eigenvalue weighted by Crippen LogP contribution is -2.50. The Bertz CT molecular complexity index is 892. The third-order valence-electron chi connectivity index (χ3n) is 11.9. The number of hydrogen-bond acceptors (Lipinski definition) is 2. The second-order valence-electron chi connectivity index (χ2n) is 13.4. The molecule has 6 rings (SSSR count). The summed E-state index contributed by atoms with van der Waals surface area (Å²) in [7, 11) is 0. The number of nitrogens with zero attached hydrogens (tertiary/aromatic N) is 3. The van der Waals surface area contributed by atoms with Gasteiger partial charge in [0.05, 0.1) is 11.8 Å². The van der Waals surface area contributed by atoms with Crippen molar-refractivity contribution in [3.05, 3.63) is 18.0 Å². The molecule has 0 N–H and O–H groups in total. The van der Waals surface area contributed by atoms with Gasteiger partial charge in [0.15, 0.2) is 0 Å². The molecule has 1 heterocycles. The zero-order valence-corrected chi connectivity index (χ0v) is 20.6. The molecule has 5 aliphatic rings. The SMILES string of the molecule is CC(Cn1cc(C#N)cn1)C1CCC2C3CCC4C[C@@](C)(C5CC5)CCC4C3CCC12C. The van der Waals surface area contributed by atoms with Crippen molar-refractivity contribution in [3.8, 4) is 6.07 Å². The quantitative estimate of drug-likeness (QED) is 0.509. The van der Waals surface area contributed by atoms with Crippen LogP contribution in [0.1, 0.15) is 97.0 Å². The van der Waals surface area contributed by atoms with Gasteiger partial charge < -0.3 is 0 Å². The van der Waals surface area contributed by atoms with E-state index in [4.69, 9.17) is 5.26 Å². The van der Waals surface area contributed by atoms with Gasteiger partial charge in [-0.3, -0.25) is 4.68 Å². The van der Waals surface area contributed by atoms with Crippen molar-refractivity contribution in [1.82, 2.24) is 9.78 Å². The van der Waals surface area contributed by atoms with Crippen LogP contribution in [-0.2, 0) is 6.54 Å². The fourth-order valence-electron chi connectivity index (χ4n) is 10.2. The van der Waals surface area contributed by atoms with Crippen LogP contribution in [0.15, 0.2) is 12.4 Å². The molecule has 1 aromatic heterocycles. The highest BCUT2D eigenvalue weighted by molar-refractivity contribution is 5.21. The van der Waals surface area contributed by atoms with Gasteiger partial charge in [-0.05, 0) is 129 Å². The summed E-state index contributed by atoms with van der Waals surface area (Å²) in [4.78, 5) is 0. The van der Waals surface area contributed by atoms with Gasteiger partial charge in [-0.2, -0.15) is 10.4 Å². The lowest BCUT2D eigenvalue weighted by atomic mass is 9.47. The number of nitriles is 1. The van der Waals surface area contributed by atoms with Crippen molar-refractivity contribution in [2.24, 2.45) is 58.2 Å². The van der Waals surface area contributed by atoms with Crippen LogP contribution in [0.3, 0.4) is 0 Å². The van der Waals surface area contributed by atoms with E-state index in [1.165, 1.54) is 57.8 Å². The van der Waals surface area contributed by atoms with Gasteiger partial charge in [0, 0.05) is 12.7 Å². The molecule has 32 heavy (non-hydrogen) atoms. The molecule has 0 bridgehead atoms. The highest BCUT2D eigenvalue weighted by Crippen LogP contribution is 2.67. The molecule has 5 aliphatic carbocycles. The van der Waals surface area contributed by atoms with Gasteiger partial charge in [-0.15, -0.1) is 0 Å². The Morgan fingerprint density at radius 1 is 1.03 bits per heavy atom. The van der Waals surface area contributed by atoms with Crippen molar-refractivity contribution < 1.29 is 0 Å². The van der Waals surface area contributed by atoms with Crippen LogP contribution in [0.25, 0.3) is 0 Å². The fraction of sp³-hybridized carbons (Fsp3) is 0.862. The van der Waals surface area contributed by atoms with Crippen LogP contribution in [0, 0.1) is 69.5 Å². The van der Waals surface area contributed by atoms with E-state index in [0.717, 1.165) is 48.0 Å². The van der Waals surface area contributed by atoms with Crippen LogP contribution >= 0.6 is 0 Å². The predicted octanol–water partition coefficient (Wildman–Crippen LogP) is 7.08. The van der Waals surface area contributed by atoms with Gasteiger partial charge in [0.25, 0.3) is 0 Å². The third-order valence-corrected chi connectivity index (χ3v) is 11.9. The normalized spacial score (nSPS) is 46.6. The summed E-state index contributed by atoms with van der Waals surface area (Å²) in [5.41, 5.74) is 1.91. The molecular weight excluding hydrogens is 390 g/mol. The molecule has 9 atom stereocenters. The second kappa shape index (κ2) is 7.61. The molecule has 5 fully saturated rings. The standard InChI is InChI=1S/C29H43N3/c1-19(17-32-18-20(15-30)16-31-32)26-8-9-27-25-7-4-21-14-28(2,22-5-6-22)12-10-23(21)24(25)11-13-29(26,27)3/h16,18-19,21-27H,4-14,17H2,1-3H3/t19?,21?,23?,24?,25?,26?,27?,28-,29?/m0/s1. The smallest absolute Gasteiger partial charge is 0.102 e. The van der Waals surface area contributed by atoms with Crippen molar-refractivity contribution in [3.63, 3.8) is 0 Å². The molecule has 5 saturated carbocycles. The van der Waals surface area contributed by atoms with E-state index in [9.17, 15) is 0 Å². The monoisotopic (exact) mass is 433 g/mol. The molecule has 1 aromatic rings. The lowest BCUT2D eigenvalue weighted by Gasteiger charge is -2.58. The van der Waals surface area contributed by atoms with E-state index in [-0.39, 0.29) is 0 Å². The van der Waals surface area contributed by atoms with E-state index in [2.05, 4.69) is 31.9 Å². The molecule has 0 radical (unpaired) electrons. The predicted molar refractivity (Wildman–Crippen MR) is 128 cm³/mol. The molecule has 0 aromatic carbocycles. The molecule has 8 unspecified atom stereocenters.